The van der Waals surface area contributed by atoms with Gasteiger partial charge in [-0.3, -0.25) is 0 Å². The number of ether oxygens (including phenoxy) is 2. The first kappa shape index (κ1) is 10.2. The van der Waals surface area contributed by atoms with Crippen molar-refractivity contribution >= 4 is 39.4 Å². The van der Waals surface area contributed by atoms with Crippen LogP contribution in [-0.2, 0) is 0 Å². The van der Waals surface area contributed by atoms with Crippen molar-refractivity contribution in [3.05, 3.63) is 9.72 Å². The summed E-state index contributed by atoms with van der Waals surface area (Å²) in [6.07, 6.45) is 0. The van der Waals surface area contributed by atoms with Gasteiger partial charge in [-0.2, -0.15) is 0 Å². The molecule has 16 heavy (non-hydrogen) atoms. The third-order valence-electron chi connectivity index (χ3n) is 2.11. The molecular formula is C9H7ClN2O2S2. The second kappa shape index (κ2) is 3.80. The number of anilines is 1. The Morgan fingerprint density at radius 2 is 2.06 bits per heavy atom. The van der Waals surface area contributed by atoms with Gasteiger partial charge >= 0.3 is 0 Å². The number of rotatable bonds is 1. The smallest absolute Gasteiger partial charge is 0.191 e. The molecular weight excluding hydrogens is 268 g/mol. The first-order chi connectivity index (χ1) is 7.75. The summed E-state index contributed by atoms with van der Waals surface area (Å²) in [7, 11) is 0. The Morgan fingerprint density at radius 1 is 1.31 bits per heavy atom. The first-order valence-electron chi connectivity index (χ1n) is 4.55. The van der Waals surface area contributed by atoms with E-state index in [-0.39, 0.29) is 0 Å². The van der Waals surface area contributed by atoms with Gasteiger partial charge in [0.05, 0.1) is 5.69 Å². The highest BCUT2D eigenvalue weighted by Crippen LogP contribution is 2.51. The number of nitrogens with two attached hydrogens (primary N) is 1. The molecule has 0 aromatic carbocycles. The molecule has 0 radical (unpaired) electrons. The van der Waals surface area contributed by atoms with Crippen LogP contribution in [0.5, 0.6) is 11.5 Å². The Kier molecular flexibility index (Phi) is 2.42. The Balaban J connectivity index is 2.14. The molecule has 0 bridgehead atoms. The largest absolute Gasteiger partial charge is 0.484 e. The first-order valence-corrected chi connectivity index (χ1v) is 6.62. The van der Waals surface area contributed by atoms with Crippen LogP contribution < -0.4 is 15.2 Å². The van der Waals surface area contributed by atoms with Gasteiger partial charge in [-0.05, 0) is 0 Å². The van der Waals surface area contributed by atoms with Crippen LogP contribution in [-0.4, -0.2) is 18.2 Å². The molecule has 4 nitrogen and oxygen atoms in total. The van der Waals surface area contributed by atoms with E-state index in [1.165, 1.54) is 22.7 Å². The molecule has 0 aliphatic carbocycles. The van der Waals surface area contributed by atoms with Crippen molar-refractivity contribution in [2.24, 2.45) is 0 Å². The molecule has 2 aromatic rings. The Labute approximate surface area is 105 Å². The molecule has 1 aliphatic rings. The van der Waals surface area contributed by atoms with Crippen LogP contribution in [0.15, 0.2) is 5.38 Å². The Bertz CT molecular complexity index is 538. The molecule has 0 atom stereocenters. The number of fused-ring (bicyclic) bond motifs is 1. The minimum absolute atomic E-state index is 0.530. The van der Waals surface area contributed by atoms with Crippen LogP contribution in [0, 0.1) is 0 Å². The molecule has 0 unspecified atom stereocenters. The fourth-order valence-corrected chi connectivity index (χ4v) is 3.35. The Hall–Kier alpha value is -0.980. The minimum atomic E-state index is 0.530. The van der Waals surface area contributed by atoms with Crippen molar-refractivity contribution in [1.82, 2.24) is 4.98 Å². The van der Waals surface area contributed by atoms with Crippen LogP contribution in [0.4, 0.5) is 5.13 Å². The molecule has 0 spiro atoms. The highest BCUT2D eigenvalue weighted by molar-refractivity contribution is 7.20. The fraction of sp³-hybridized carbons (Fsp3) is 0.222. The molecule has 3 heterocycles. The van der Waals surface area contributed by atoms with Crippen LogP contribution >= 0.6 is 34.3 Å². The second-order valence-electron chi connectivity index (χ2n) is 3.13. The summed E-state index contributed by atoms with van der Waals surface area (Å²) in [6.45, 7) is 1.06. The molecule has 0 saturated heterocycles. The van der Waals surface area contributed by atoms with Crippen molar-refractivity contribution < 1.29 is 9.47 Å². The lowest BCUT2D eigenvalue weighted by atomic mass is 10.3. The van der Waals surface area contributed by atoms with E-state index >= 15 is 0 Å². The van der Waals surface area contributed by atoms with Gasteiger partial charge in [0.2, 0.25) is 0 Å². The summed E-state index contributed by atoms with van der Waals surface area (Å²) in [5, 5.41) is 2.42. The maximum atomic E-state index is 6.08. The van der Waals surface area contributed by atoms with E-state index in [4.69, 9.17) is 26.8 Å². The highest BCUT2D eigenvalue weighted by atomic mass is 35.5. The van der Waals surface area contributed by atoms with Gasteiger partial charge in [-0.25, -0.2) is 4.98 Å². The summed E-state index contributed by atoms with van der Waals surface area (Å²) in [6, 6.07) is 0. The summed E-state index contributed by atoms with van der Waals surface area (Å²) in [5.41, 5.74) is 6.40. The molecule has 0 saturated carbocycles. The molecule has 84 valence electrons. The van der Waals surface area contributed by atoms with Crippen molar-refractivity contribution in [1.29, 1.82) is 0 Å². The summed E-state index contributed by atoms with van der Waals surface area (Å²) in [5.74, 6) is 1.31. The van der Waals surface area contributed by atoms with Gasteiger partial charge in [-0.1, -0.05) is 11.6 Å². The van der Waals surface area contributed by atoms with Crippen molar-refractivity contribution in [2.75, 3.05) is 18.9 Å². The summed E-state index contributed by atoms with van der Waals surface area (Å²) in [4.78, 5) is 5.10. The van der Waals surface area contributed by atoms with E-state index in [9.17, 15) is 0 Å². The lowest BCUT2D eigenvalue weighted by Gasteiger charge is -2.15. The zero-order valence-electron chi connectivity index (χ0n) is 8.03. The molecule has 2 N–H and O–H groups in total. The number of thiophene rings is 1. The fourth-order valence-electron chi connectivity index (χ4n) is 1.48. The van der Waals surface area contributed by atoms with Crippen molar-refractivity contribution in [2.45, 2.75) is 0 Å². The predicted octanol–water partition coefficient (Wildman–Crippen LogP) is 2.88. The SMILES string of the molecule is Nc1nc(-c2sc(Cl)c3c2OCCO3)cs1. The van der Waals surface area contributed by atoms with E-state index in [1.54, 1.807) is 0 Å². The van der Waals surface area contributed by atoms with Gasteiger partial charge in [0.15, 0.2) is 16.6 Å². The normalized spacial score (nSPS) is 14.1. The van der Waals surface area contributed by atoms with Gasteiger partial charge in [0.1, 0.15) is 22.4 Å². The zero-order chi connectivity index (χ0) is 11.1. The number of hydrogen-bond acceptors (Lipinski definition) is 6. The van der Waals surface area contributed by atoms with E-state index < -0.39 is 0 Å². The topological polar surface area (TPSA) is 57.4 Å². The lowest BCUT2D eigenvalue weighted by Crippen LogP contribution is -2.14. The van der Waals surface area contributed by atoms with Crippen molar-refractivity contribution in [3.8, 4) is 22.1 Å². The van der Waals surface area contributed by atoms with Crippen LogP contribution in [0.1, 0.15) is 0 Å². The van der Waals surface area contributed by atoms with Gasteiger partial charge in [0, 0.05) is 5.38 Å². The number of nitrogen functional groups attached to an aromatic ring is 1. The average Bonchev–Trinajstić information content (AvgIpc) is 2.84. The zero-order valence-corrected chi connectivity index (χ0v) is 10.4. The maximum absolute atomic E-state index is 6.08. The highest BCUT2D eigenvalue weighted by Gasteiger charge is 2.25. The minimum Gasteiger partial charge on any atom is -0.484 e. The summed E-state index contributed by atoms with van der Waals surface area (Å²) >= 11 is 8.87. The van der Waals surface area contributed by atoms with Gasteiger partial charge < -0.3 is 15.2 Å². The molecule has 3 rings (SSSR count). The number of nitrogens with zero attached hydrogens (tertiary/aromatic N) is 1. The molecule has 2 aromatic heterocycles. The summed E-state index contributed by atoms with van der Waals surface area (Å²) < 4.78 is 11.6. The predicted molar refractivity (Wildman–Crippen MR) is 65.8 cm³/mol. The number of thiazole rings is 1. The molecule has 0 amide bonds. The lowest BCUT2D eigenvalue weighted by molar-refractivity contribution is 0.174. The van der Waals surface area contributed by atoms with E-state index in [0.29, 0.717) is 34.2 Å². The molecule has 7 heteroatoms. The number of halogens is 1. The average molecular weight is 275 g/mol. The van der Waals surface area contributed by atoms with E-state index in [2.05, 4.69) is 4.98 Å². The Morgan fingerprint density at radius 3 is 2.75 bits per heavy atom. The third-order valence-corrected chi connectivity index (χ3v) is 4.15. The van der Waals surface area contributed by atoms with Crippen LogP contribution in [0.3, 0.4) is 0 Å². The third kappa shape index (κ3) is 1.53. The standard InChI is InChI=1S/C9H7ClN2O2S2/c10-8-6-5(13-1-2-14-6)7(16-8)4-3-15-9(11)12-4/h3H,1-2H2,(H2,11,12). The quantitative estimate of drug-likeness (QED) is 0.869. The number of aromatic nitrogens is 1. The van der Waals surface area contributed by atoms with Gasteiger partial charge in [-0.15, -0.1) is 22.7 Å². The van der Waals surface area contributed by atoms with Crippen LogP contribution in [0.25, 0.3) is 10.6 Å². The molecule has 1 aliphatic heterocycles. The number of hydrogen-bond donors (Lipinski definition) is 1. The van der Waals surface area contributed by atoms with E-state index in [0.717, 1.165) is 10.6 Å². The second-order valence-corrected chi connectivity index (χ2v) is 5.64. The maximum Gasteiger partial charge on any atom is 0.191 e. The van der Waals surface area contributed by atoms with E-state index in [1.807, 2.05) is 5.38 Å². The molecule has 0 fully saturated rings. The van der Waals surface area contributed by atoms with Crippen molar-refractivity contribution in [3.63, 3.8) is 0 Å². The van der Waals surface area contributed by atoms with Crippen LogP contribution in [0.2, 0.25) is 4.34 Å². The van der Waals surface area contributed by atoms with Gasteiger partial charge in [0.25, 0.3) is 0 Å². The monoisotopic (exact) mass is 274 g/mol.